The second kappa shape index (κ2) is 14.2. The Morgan fingerprint density at radius 3 is 2.02 bits per heavy atom. The van der Waals surface area contributed by atoms with Crippen LogP contribution in [0.25, 0.3) is 0 Å². The lowest BCUT2D eigenvalue weighted by molar-refractivity contribution is -0.193. The number of pyridine rings is 1. The van der Waals surface area contributed by atoms with Crippen molar-refractivity contribution in [1.82, 2.24) is 15.2 Å². The SMILES string of the molecule is O=C(NCCC1CCOC12CN(Cc1ccccc1F)C2)c1ccncc1.O=C(O)C(F)(F)F.O=C(O)C(F)(F)F. The van der Waals surface area contributed by atoms with Crippen LogP contribution >= 0.6 is 0 Å². The molecule has 1 amide bonds. The number of ether oxygens (including phenoxy) is 1. The molecular weight excluding hydrogens is 571 g/mol. The minimum atomic E-state index is -5.08. The number of carbonyl (C=O) groups is 3. The minimum absolute atomic E-state index is 0.0693. The number of nitrogens with one attached hydrogen (secondary N) is 1. The molecule has 1 aromatic carbocycles. The van der Waals surface area contributed by atoms with Crippen molar-refractivity contribution in [2.24, 2.45) is 5.92 Å². The monoisotopic (exact) mass is 597 g/mol. The predicted molar refractivity (Wildman–Crippen MR) is 127 cm³/mol. The molecular formula is C25H26F7N3O6. The molecule has 2 saturated heterocycles. The van der Waals surface area contributed by atoms with Crippen molar-refractivity contribution in [2.75, 3.05) is 26.2 Å². The summed E-state index contributed by atoms with van der Waals surface area (Å²) in [7, 11) is 0. The Balaban J connectivity index is 0.000000349. The molecule has 3 heterocycles. The number of amides is 1. The van der Waals surface area contributed by atoms with Gasteiger partial charge in [0.05, 0.1) is 5.60 Å². The summed E-state index contributed by atoms with van der Waals surface area (Å²) in [4.78, 5) is 36.1. The van der Waals surface area contributed by atoms with Crippen LogP contribution in [-0.2, 0) is 20.9 Å². The van der Waals surface area contributed by atoms with E-state index in [2.05, 4.69) is 15.2 Å². The van der Waals surface area contributed by atoms with Crippen molar-refractivity contribution < 1.29 is 60.1 Å². The van der Waals surface area contributed by atoms with Crippen LogP contribution in [0.3, 0.4) is 0 Å². The summed E-state index contributed by atoms with van der Waals surface area (Å²) in [5.41, 5.74) is 1.22. The van der Waals surface area contributed by atoms with Crippen LogP contribution < -0.4 is 5.32 Å². The van der Waals surface area contributed by atoms with Crippen molar-refractivity contribution in [2.45, 2.75) is 37.3 Å². The number of alkyl halides is 6. The topological polar surface area (TPSA) is 129 Å². The van der Waals surface area contributed by atoms with E-state index in [1.807, 2.05) is 12.1 Å². The fraction of sp³-hybridized carbons (Fsp3) is 0.440. The highest BCUT2D eigenvalue weighted by Crippen LogP contribution is 2.42. The standard InChI is InChI=1S/C21H24FN3O2.2C2HF3O2/c22-19-4-2-1-3-17(19)13-25-14-21(15-25)18(8-12-27-21)7-11-24-20(26)16-5-9-23-10-6-16;2*3-2(4,5)1(6)7/h1-6,9-10,18H,7-8,11-15H2,(H,24,26);2*(H,6,7). The molecule has 0 radical (unpaired) electrons. The molecule has 9 nitrogen and oxygen atoms in total. The van der Waals surface area contributed by atoms with E-state index in [0.717, 1.165) is 38.1 Å². The zero-order chi connectivity index (χ0) is 30.8. The molecule has 1 aromatic heterocycles. The number of hydrogen-bond donors (Lipinski definition) is 3. The Hall–Kier alpha value is -3.79. The average Bonchev–Trinajstić information content (AvgIpc) is 3.29. The number of carboxylic acids is 2. The molecule has 4 rings (SSSR count). The van der Waals surface area contributed by atoms with Gasteiger partial charge in [0.15, 0.2) is 0 Å². The highest BCUT2D eigenvalue weighted by atomic mass is 19.4. The molecule has 41 heavy (non-hydrogen) atoms. The van der Waals surface area contributed by atoms with E-state index in [-0.39, 0.29) is 17.3 Å². The largest absolute Gasteiger partial charge is 0.490 e. The van der Waals surface area contributed by atoms with E-state index < -0.39 is 24.3 Å². The van der Waals surface area contributed by atoms with Crippen molar-refractivity contribution in [3.8, 4) is 0 Å². The molecule has 16 heteroatoms. The van der Waals surface area contributed by atoms with Crippen molar-refractivity contribution in [1.29, 1.82) is 0 Å². The third kappa shape index (κ3) is 10.3. The summed E-state index contributed by atoms with van der Waals surface area (Å²) >= 11 is 0. The third-order valence-electron chi connectivity index (χ3n) is 6.14. The van der Waals surface area contributed by atoms with Gasteiger partial charge in [-0.25, -0.2) is 14.0 Å². The maximum Gasteiger partial charge on any atom is 0.490 e. The molecule has 2 fully saturated rings. The van der Waals surface area contributed by atoms with Crippen LogP contribution in [0.2, 0.25) is 0 Å². The van der Waals surface area contributed by atoms with E-state index >= 15 is 0 Å². The van der Waals surface area contributed by atoms with E-state index in [4.69, 9.17) is 24.5 Å². The predicted octanol–water partition coefficient (Wildman–Crippen LogP) is 3.90. The van der Waals surface area contributed by atoms with Crippen LogP contribution in [0.1, 0.15) is 28.8 Å². The Kier molecular flexibility index (Phi) is 11.6. The highest BCUT2D eigenvalue weighted by molar-refractivity contribution is 5.93. The van der Waals surface area contributed by atoms with Crippen molar-refractivity contribution >= 4 is 17.8 Å². The van der Waals surface area contributed by atoms with Gasteiger partial charge in [0.25, 0.3) is 5.91 Å². The first-order valence-corrected chi connectivity index (χ1v) is 11.9. The average molecular weight is 597 g/mol. The number of carbonyl (C=O) groups excluding carboxylic acids is 1. The van der Waals surface area contributed by atoms with E-state index in [1.54, 1.807) is 30.6 Å². The molecule has 1 atom stereocenters. The van der Waals surface area contributed by atoms with Gasteiger partial charge in [-0.15, -0.1) is 0 Å². The summed E-state index contributed by atoms with van der Waals surface area (Å²) in [6.45, 7) is 3.65. The van der Waals surface area contributed by atoms with Crippen molar-refractivity contribution in [3.05, 3.63) is 65.7 Å². The zero-order valence-electron chi connectivity index (χ0n) is 21.2. The van der Waals surface area contributed by atoms with Crippen LogP contribution in [0.15, 0.2) is 48.8 Å². The molecule has 2 aliphatic rings. The molecule has 3 N–H and O–H groups in total. The lowest BCUT2D eigenvalue weighted by Gasteiger charge is -2.50. The van der Waals surface area contributed by atoms with Gasteiger partial charge in [-0.3, -0.25) is 14.7 Å². The number of hydrogen-bond acceptors (Lipinski definition) is 6. The van der Waals surface area contributed by atoms with Crippen LogP contribution in [0, 0.1) is 11.7 Å². The lowest BCUT2D eigenvalue weighted by Crippen LogP contribution is -2.64. The van der Waals surface area contributed by atoms with Crippen molar-refractivity contribution in [3.63, 3.8) is 0 Å². The molecule has 2 aromatic rings. The fourth-order valence-corrected chi connectivity index (χ4v) is 4.20. The van der Waals surface area contributed by atoms with Crippen LogP contribution in [0.5, 0.6) is 0 Å². The summed E-state index contributed by atoms with van der Waals surface area (Å²) < 4.78 is 83.4. The van der Waals surface area contributed by atoms with Gasteiger partial charge >= 0.3 is 24.3 Å². The molecule has 0 bridgehead atoms. The Morgan fingerprint density at radius 1 is 0.976 bits per heavy atom. The molecule has 1 unspecified atom stereocenters. The number of halogens is 7. The van der Waals surface area contributed by atoms with Gasteiger partial charge in [0, 0.05) is 56.3 Å². The zero-order valence-corrected chi connectivity index (χ0v) is 21.2. The van der Waals surface area contributed by atoms with Gasteiger partial charge in [0.2, 0.25) is 0 Å². The van der Waals surface area contributed by atoms with Crippen LogP contribution in [0.4, 0.5) is 30.7 Å². The molecule has 2 aliphatic heterocycles. The number of benzene rings is 1. The van der Waals surface area contributed by atoms with Gasteiger partial charge in [-0.1, -0.05) is 18.2 Å². The molecule has 0 aliphatic carbocycles. The quantitative estimate of drug-likeness (QED) is 0.428. The summed E-state index contributed by atoms with van der Waals surface area (Å²) in [5, 5.41) is 17.2. The van der Waals surface area contributed by atoms with E-state index in [9.17, 15) is 35.5 Å². The number of likely N-dealkylation sites (tertiary alicyclic amines) is 1. The maximum absolute atomic E-state index is 13.8. The normalized spacial score (nSPS) is 17.8. The summed E-state index contributed by atoms with van der Waals surface area (Å²) in [6, 6.07) is 10.3. The molecule has 1 spiro atoms. The van der Waals surface area contributed by atoms with E-state index in [0.29, 0.717) is 24.6 Å². The maximum atomic E-state index is 13.8. The second-order valence-corrected chi connectivity index (χ2v) is 9.02. The fourth-order valence-electron chi connectivity index (χ4n) is 4.20. The second-order valence-electron chi connectivity index (χ2n) is 9.02. The number of aliphatic carboxylic acids is 2. The summed E-state index contributed by atoms with van der Waals surface area (Å²) in [6.07, 6.45) is -5.02. The highest BCUT2D eigenvalue weighted by Gasteiger charge is 2.52. The van der Waals surface area contributed by atoms with Gasteiger partial charge in [-0.05, 0) is 37.0 Å². The number of carboxylic acid groups (broad SMARTS) is 2. The first-order chi connectivity index (χ1) is 19.0. The lowest BCUT2D eigenvalue weighted by atomic mass is 9.78. The number of aromatic nitrogens is 1. The van der Waals surface area contributed by atoms with Gasteiger partial charge in [0.1, 0.15) is 5.82 Å². The Morgan fingerprint density at radius 2 is 1.51 bits per heavy atom. The Labute approximate surface area is 228 Å². The van der Waals surface area contributed by atoms with E-state index in [1.165, 1.54) is 6.07 Å². The van der Waals surface area contributed by atoms with Gasteiger partial charge in [-0.2, -0.15) is 26.3 Å². The molecule has 0 saturated carbocycles. The number of rotatable bonds is 6. The number of nitrogens with zero attached hydrogens (tertiary/aromatic N) is 2. The van der Waals surface area contributed by atoms with Crippen LogP contribution in [-0.4, -0.2) is 82.1 Å². The first-order valence-electron chi connectivity index (χ1n) is 11.9. The first kappa shape index (κ1) is 33.4. The Bertz CT molecular complexity index is 1150. The summed E-state index contributed by atoms with van der Waals surface area (Å²) in [5.74, 6) is -5.31. The smallest absolute Gasteiger partial charge is 0.475 e. The third-order valence-corrected chi connectivity index (χ3v) is 6.14. The minimum Gasteiger partial charge on any atom is -0.475 e. The molecule has 226 valence electrons. The van der Waals surface area contributed by atoms with Gasteiger partial charge < -0.3 is 20.3 Å².